The standard InChI is InChI=1S/C14H20FNOS/c1-14(2)7-11(8-18-9-14)16-10-4-5-13(17-3)12(15)6-10/h4-6,11,16H,7-9H2,1-3H3. The minimum atomic E-state index is -0.315. The normalized spacial score (nSPS) is 22.6. The maximum absolute atomic E-state index is 13.6. The van der Waals surface area contributed by atoms with Crippen molar-refractivity contribution in [1.82, 2.24) is 0 Å². The molecule has 0 amide bonds. The topological polar surface area (TPSA) is 21.3 Å². The Labute approximate surface area is 112 Å². The molecular weight excluding hydrogens is 249 g/mol. The second kappa shape index (κ2) is 5.39. The highest BCUT2D eigenvalue weighted by Gasteiger charge is 2.28. The largest absolute Gasteiger partial charge is 0.494 e. The Morgan fingerprint density at radius 1 is 1.44 bits per heavy atom. The van der Waals surface area contributed by atoms with Crippen molar-refractivity contribution in [2.24, 2.45) is 5.41 Å². The highest BCUT2D eigenvalue weighted by molar-refractivity contribution is 7.99. The molecule has 2 rings (SSSR count). The number of benzene rings is 1. The van der Waals surface area contributed by atoms with Gasteiger partial charge in [-0.15, -0.1) is 0 Å². The molecule has 1 heterocycles. The Hall–Kier alpha value is -0.900. The third-order valence-corrected chi connectivity index (χ3v) is 4.76. The van der Waals surface area contributed by atoms with E-state index in [-0.39, 0.29) is 5.82 Å². The zero-order valence-electron chi connectivity index (χ0n) is 11.1. The van der Waals surface area contributed by atoms with E-state index in [4.69, 9.17) is 4.74 Å². The van der Waals surface area contributed by atoms with Crippen LogP contribution in [0.4, 0.5) is 10.1 Å². The summed E-state index contributed by atoms with van der Waals surface area (Å²) in [6.45, 7) is 4.56. The first kappa shape index (κ1) is 13.5. The van der Waals surface area contributed by atoms with Gasteiger partial charge in [0.05, 0.1) is 7.11 Å². The summed E-state index contributed by atoms with van der Waals surface area (Å²) >= 11 is 1.96. The zero-order valence-corrected chi connectivity index (χ0v) is 11.9. The molecule has 100 valence electrons. The number of methoxy groups -OCH3 is 1. The summed E-state index contributed by atoms with van der Waals surface area (Å²) in [4.78, 5) is 0. The first-order valence-electron chi connectivity index (χ1n) is 6.18. The minimum absolute atomic E-state index is 0.291. The van der Waals surface area contributed by atoms with Crippen LogP contribution in [0.3, 0.4) is 0 Å². The summed E-state index contributed by atoms with van der Waals surface area (Å²) in [7, 11) is 1.48. The molecule has 1 atom stereocenters. The fourth-order valence-electron chi connectivity index (χ4n) is 2.35. The lowest BCUT2D eigenvalue weighted by atomic mass is 9.88. The van der Waals surface area contributed by atoms with Gasteiger partial charge in [0.1, 0.15) is 0 Å². The maximum Gasteiger partial charge on any atom is 0.167 e. The summed E-state index contributed by atoms with van der Waals surface area (Å²) in [6, 6.07) is 5.45. The van der Waals surface area contributed by atoms with Gasteiger partial charge in [-0.3, -0.25) is 0 Å². The number of anilines is 1. The van der Waals surface area contributed by atoms with Crippen molar-refractivity contribution >= 4 is 17.4 Å². The first-order chi connectivity index (χ1) is 8.50. The molecule has 1 aromatic rings. The monoisotopic (exact) mass is 269 g/mol. The molecule has 1 aromatic carbocycles. The number of ether oxygens (including phenoxy) is 1. The van der Waals surface area contributed by atoms with E-state index in [1.165, 1.54) is 18.9 Å². The van der Waals surface area contributed by atoms with Crippen LogP contribution >= 0.6 is 11.8 Å². The summed E-state index contributed by atoms with van der Waals surface area (Å²) in [5.41, 5.74) is 1.18. The quantitative estimate of drug-likeness (QED) is 0.902. The Morgan fingerprint density at radius 2 is 2.22 bits per heavy atom. The minimum Gasteiger partial charge on any atom is -0.494 e. The predicted molar refractivity (Wildman–Crippen MR) is 76.1 cm³/mol. The molecule has 18 heavy (non-hydrogen) atoms. The molecular formula is C14H20FNOS. The van der Waals surface area contributed by atoms with Crippen LogP contribution in [0.2, 0.25) is 0 Å². The molecule has 1 unspecified atom stereocenters. The second-order valence-corrected chi connectivity index (χ2v) is 6.60. The van der Waals surface area contributed by atoms with Crippen molar-refractivity contribution < 1.29 is 9.13 Å². The van der Waals surface area contributed by atoms with Crippen LogP contribution < -0.4 is 10.1 Å². The molecule has 0 aromatic heterocycles. The van der Waals surface area contributed by atoms with Gasteiger partial charge in [0.15, 0.2) is 11.6 Å². The number of hydrogen-bond donors (Lipinski definition) is 1. The Morgan fingerprint density at radius 3 is 2.83 bits per heavy atom. The Balaban J connectivity index is 2.03. The molecule has 2 nitrogen and oxygen atoms in total. The maximum atomic E-state index is 13.6. The van der Waals surface area contributed by atoms with Gasteiger partial charge < -0.3 is 10.1 Å². The molecule has 0 aliphatic carbocycles. The van der Waals surface area contributed by atoms with Gasteiger partial charge in [0, 0.05) is 23.5 Å². The molecule has 0 saturated carbocycles. The number of halogens is 1. The Kier molecular flexibility index (Phi) is 4.05. The van der Waals surface area contributed by atoms with Crippen LogP contribution in [-0.4, -0.2) is 24.7 Å². The summed E-state index contributed by atoms with van der Waals surface area (Å²) < 4.78 is 18.5. The lowest BCUT2D eigenvalue weighted by Gasteiger charge is -2.35. The van der Waals surface area contributed by atoms with Crippen LogP contribution in [0.5, 0.6) is 5.75 Å². The molecule has 1 saturated heterocycles. The van der Waals surface area contributed by atoms with Crippen LogP contribution in [-0.2, 0) is 0 Å². The van der Waals surface area contributed by atoms with Crippen molar-refractivity contribution in [1.29, 1.82) is 0 Å². The smallest absolute Gasteiger partial charge is 0.167 e. The van der Waals surface area contributed by atoms with Crippen LogP contribution in [0.15, 0.2) is 18.2 Å². The molecule has 0 spiro atoms. The molecule has 1 aliphatic heterocycles. The van der Waals surface area contributed by atoms with E-state index in [2.05, 4.69) is 19.2 Å². The van der Waals surface area contributed by atoms with E-state index in [1.807, 2.05) is 17.8 Å². The molecule has 1 N–H and O–H groups in total. The molecule has 0 radical (unpaired) electrons. The number of nitrogens with one attached hydrogen (secondary N) is 1. The number of hydrogen-bond acceptors (Lipinski definition) is 3. The van der Waals surface area contributed by atoms with E-state index < -0.39 is 0 Å². The van der Waals surface area contributed by atoms with E-state index in [1.54, 1.807) is 6.07 Å². The SMILES string of the molecule is COc1ccc(NC2CSCC(C)(C)C2)cc1F. The fourth-order valence-corrected chi connectivity index (χ4v) is 3.62. The lowest BCUT2D eigenvalue weighted by Crippen LogP contribution is -2.35. The summed E-state index contributed by atoms with van der Waals surface area (Å²) in [5, 5.41) is 3.41. The van der Waals surface area contributed by atoms with Gasteiger partial charge in [-0.05, 0) is 29.7 Å². The van der Waals surface area contributed by atoms with E-state index in [9.17, 15) is 4.39 Å². The third-order valence-electron chi connectivity index (χ3n) is 3.13. The van der Waals surface area contributed by atoms with Gasteiger partial charge >= 0.3 is 0 Å². The van der Waals surface area contributed by atoms with Gasteiger partial charge in [0.25, 0.3) is 0 Å². The lowest BCUT2D eigenvalue weighted by molar-refractivity contribution is 0.358. The van der Waals surface area contributed by atoms with Crippen molar-refractivity contribution in [2.75, 3.05) is 23.9 Å². The van der Waals surface area contributed by atoms with E-state index in [0.717, 1.165) is 17.9 Å². The van der Waals surface area contributed by atoms with Crippen molar-refractivity contribution in [3.8, 4) is 5.75 Å². The van der Waals surface area contributed by atoms with Crippen LogP contribution in [0.1, 0.15) is 20.3 Å². The highest BCUT2D eigenvalue weighted by Crippen LogP contribution is 2.35. The summed E-state index contributed by atoms with van der Waals surface area (Å²) in [6.07, 6.45) is 1.12. The molecule has 1 fully saturated rings. The molecule has 4 heteroatoms. The van der Waals surface area contributed by atoms with Gasteiger partial charge in [-0.2, -0.15) is 11.8 Å². The van der Waals surface area contributed by atoms with Crippen molar-refractivity contribution in [2.45, 2.75) is 26.3 Å². The second-order valence-electron chi connectivity index (χ2n) is 5.57. The van der Waals surface area contributed by atoms with E-state index >= 15 is 0 Å². The average molecular weight is 269 g/mol. The molecule has 0 bridgehead atoms. The number of rotatable bonds is 3. The average Bonchev–Trinajstić information content (AvgIpc) is 2.28. The fraction of sp³-hybridized carbons (Fsp3) is 0.571. The zero-order chi connectivity index (χ0) is 13.2. The Bertz CT molecular complexity index is 422. The number of thioether (sulfide) groups is 1. The van der Waals surface area contributed by atoms with E-state index in [0.29, 0.717) is 17.2 Å². The van der Waals surface area contributed by atoms with Gasteiger partial charge in [-0.1, -0.05) is 13.8 Å². The van der Waals surface area contributed by atoms with Crippen LogP contribution in [0, 0.1) is 11.2 Å². The van der Waals surface area contributed by atoms with Crippen LogP contribution in [0.25, 0.3) is 0 Å². The predicted octanol–water partition coefficient (Wildman–Crippen LogP) is 3.78. The highest BCUT2D eigenvalue weighted by atomic mass is 32.2. The first-order valence-corrected chi connectivity index (χ1v) is 7.33. The van der Waals surface area contributed by atoms with Crippen molar-refractivity contribution in [3.05, 3.63) is 24.0 Å². The summed E-state index contributed by atoms with van der Waals surface area (Å²) in [5.74, 6) is 2.25. The third kappa shape index (κ3) is 3.31. The van der Waals surface area contributed by atoms with Gasteiger partial charge in [0.2, 0.25) is 0 Å². The van der Waals surface area contributed by atoms with Gasteiger partial charge in [-0.25, -0.2) is 4.39 Å². The van der Waals surface area contributed by atoms with Crippen molar-refractivity contribution in [3.63, 3.8) is 0 Å². The molecule has 1 aliphatic rings.